The number of unbranched alkanes of at least 4 members (excludes halogenated alkanes) is 1. The average molecular weight is 290 g/mol. The van der Waals surface area contributed by atoms with Gasteiger partial charge in [-0.15, -0.1) is 0 Å². The molecule has 4 nitrogen and oxygen atoms in total. The van der Waals surface area contributed by atoms with E-state index >= 15 is 0 Å². The molecule has 0 saturated heterocycles. The standard InChI is InChI=1S/C14H30N2O2S/c1-4-15-7-5-6-8-19(17,18)16-14-10-12(2)9-13(3)11-14/h12-16H,4-11H2,1-3H3. The summed E-state index contributed by atoms with van der Waals surface area (Å²) in [5, 5.41) is 3.21. The molecule has 0 aliphatic heterocycles. The molecule has 1 aliphatic carbocycles. The van der Waals surface area contributed by atoms with Gasteiger partial charge in [0.05, 0.1) is 5.75 Å². The number of nitrogens with one attached hydrogen (secondary N) is 2. The van der Waals surface area contributed by atoms with Crippen molar-refractivity contribution in [1.82, 2.24) is 10.0 Å². The molecule has 0 aromatic carbocycles. The van der Waals surface area contributed by atoms with E-state index in [1.165, 1.54) is 6.42 Å². The zero-order chi connectivity index (χ0) is 14.3. The Hall–Kier alpha value is -0.130. The van der Waals surface area contributed by atoms with Crippen LogP contribution >= 0.6 is 0 Å². The average Bonchev–Trinajstić information content (AvgIpc) is 2.26. The Morgan fingerprint density at radius 3 is 2.26 bits per heavy atom. The fourth-order valence-corrected chi connectivity index (χ4v) is 4.48. The van der Waals surface area contributed by atoms with Crippen molar-refractivity contribution in [2.75, 3.05) is 18.8 Å². The molecule has 1 aliphatic rings. The zero-order valence-corrected chi connectivity index (χ0v) is 13.4. The first kappa shape index (κ1) is 16.9. The molecule has 2 atom stereocenters. The van der Waals surface area contributed by atoms with Crippen molar-refractivity contribution < 1.29 is 8.42 Å². The monoisotopic (exact) mass is 290 g/mol. The predicted octanol–water partition coefficient (Wildman–Crippen LogP) is 2.12. The lowest BCUT2D eigenvalue weighted by atomic mass is 9.81. The van der Waals surface area contributed by atoms with E-state index in [2.05, 4.69) is 30.8 Å². The zero-order valence-electron chi connectivity index (χ0n) is 12.6. The molecule has 5 heteroatoms. The quantitative estimate of drug-likeness (QED) is 0.673. The molecule has 0 aromatic heterocycles. The summed E-state index contributed by atoms with van der Waals surface area (Å²) in [6.07, 6.45) is 4.86. The van der Waals surface area contributed by atoms with Crippen molar-refractivity contribution in [3.8, 4) is 0 Å². The van der Waals surface area contributed by atoms with Crippen molar-refractivity contribution in [2.45, 2.75) is 58.9 Å². The van der Waals surface area contributed by atoms with Gasteiger partial charge in [0.15, 0.2) is 0 Å². The Bertz CT molecular complexity index is 333. The van der Waals surface area contributed by atoms with Crippen LogP contribution in [0.1, 0.15) is 52.9 Å². The first-order valence-electron chi connectivity index (χ1n) is 7.63. The van der Waals surface area contributed by atoms with E-state index in [1.807, 2.05) is 0 Å². The summed E-state index contributed by atoms with van der Waals surface area (Å²) >= 11 is 0. The summed E-state index contributed by atoms with van der Waals surface area (Å²) in [5.41, 5.74) is 0. The van der Waals surface area contributed by atoms with Crippen molar-refractivity contribution in [2.24, 2.45) is 11.8 Å². The molecule has 1 fully saturated rings. The maximum atomic E-state index is 12.0. The highest BCUT2D eigenvalue weighted by molar-refractivity contribution is 7.89. The number of sulfonamides is 1. The van der Waals surface area contributed by atoms with Crippen molar-refractivity contribution in [3.63, 3.8) is 0 Å². The molecule has 0 aromatic rings. The van der Waals surface area contributed by atoms with Gasteiger partial charge in [-0.25, -0.2) is 13.1 Å². The van der Waals surface area contributed by atoms with Crippen LogP contribution in [0.15, 0.2) is 0 Å². The molecule has 0 amide bonds. The van der Waals surface area contributed by atoms with E-state index in [9.17, 15) is 8.42 Å². The largest absolute Gasteiger partial charge is 0.317 e. The van der Waals surface area contributed by atoms with E-state index in [1.54, 1.807) is 0 Å². The number of hydrogen-bond acceptors (Lipinski definition) is 3. The van der Waals surface area contributed by atoms with Crippen molar-refractivity contribution >= 4 is 10.0 Å². The highest BCUT2D eigenvalue weighted by atomic mass is 32.2. The molecule has 2 unspecified atom stereocenters. The highest BCUT2D eigenvalue weighted by Gasteiger charge is 2.26. The first-order chi connectivity index (χ1) is 8.93. The van der Waals surface area contributed by atoms with Crippen molar-refractivity contribution in [3.05, 3.63) is 0 Å². The highest BCUT2D eigenvalue weighted by Crippen LogP contribution is 2.28. The number of hydrogen-bond donors (Lipinski definition) is 2. The van der Waals surface area contributed by atoms with Gasteiger partial charge in [-0.1, -0.05) is 20.8 Å². The van der Waals surface area contributed by atoms with Gasteiger partial charge in [0.1, 0.15) is 0 Å². The lowest BCUT2D eigenvalue weighted by molar-refractivity contribution is 0.257. The number of rotatable bonds is 8. The third-order valence-electron chi connectivity index (χ3n) is 3.79. The second-order valence-electron chi connectivity index (χ2n) is 6.11. The van der Waals surface area contributed by atoms with Gasteiger partial charge in [-0.3, -0.25) is 0 Å². The van der Waals surface area contributed by atoms with Crippen LogP contribution in [-0.2, 0) is 10.0 Å². The molecule has 1 rings (SSSR count). The Morgan fingerprint density at radius 2 is 1.68 bits per heavy atom. The van der Waals surface area contributed by atoms with Gasteiger partial charge in [-0.2, -0.15) is 0 Å². The molecule has 2 N–H and O–H groups in total. The molecule has 0 radical (unpaired) electrons. The molecule has 19 heavy (non-hydrogen) atoms. The molecule has 0 spiro atoms. The lowest BCUT2D eigenvalue weighted by Crippen LogP contribution is -2.41. The summed E-state index contributed by atoms with van der Waals surface area (Å²) < 4.78 is 26.9. The van der Waals surface area contributed by atoms with Gasteiger partial charge >= 0.3 is 0 Å². The van der Waals surface area contributed by atoms with Crippen LogP contribution in [0.5, 0.6) is 0 Å². The normalized spacial score (nSPS) is 28.5. The minimum atomic E-state index is -3.09. The van der Waals surface area contributed by atoms with Gasteiger partial charge in [0.25, 0.3) is 0 Å². The van der Waals surface area contributed by atoms with Crippen LogP contribution in [0.4, 0.5) is 0 Å². The van der Waals surface area contributed by atoms with Crippen LogP contribution < -0.4 is 10.0 Å². The van der Waals surface area contributed by atoms with Gasteiger partial charge in [0, 0.05) is 6.04 Å². The minimum absolute atomic E-state index is 0.150. The summed E-state index contributed by atoms with van der Waals surface area (Å²) in [4.78, 5) is 0. The summed E-state index contributed by atoms with van der Waals surface area (Å²) in [7, 11) is -3.09. The van der Waals surface area contributed by atoms with E-state index in [0.717, 1.165) is 38.8 Å². The maximum Gasteiger partial charge on any atom is 0.211 e. The van der Waals surface area contributed by atoms with E-state index in [4.69, 9.17) is 0 Å². The Balaban J connectivity index is 2.29. The third-order valence-corrected chi connectivity index (χ3v) is 5.31. The Morgan fingerprint density at radius 1 is 1.05 bits per heavy atom. The van der Waals surface area contributed by atoms with Crippen LogP contribution in [0.2, 0.25) is 0 Å². The molecule has 114 valence electrons. The van der Waals surface area contributed by atoms with Crippen LogP contribution in [0.25, 0.3) is 0 Å². The second-order valence-corrected chi connectivity index (χ2v) is 7.99. The predicted molar refractivity (Wildman–Crippen MR) is 80.7 cm³/mol. The van der Waals surface area contributed by atoms with Crippen LogP contribution in [-0.4, -0.2) is 33.3 Å². The van der Waals surface area contributed by atoms with E-state index in [-0.39, 0.29) is 11.8 Å². The third kappa shape index (κ3) is 7.28. The van der Waals surface area contributed by atoms with Crippen molar-refractivity contribution in [1.29, 1.82) is 0 Å². The second kappa shape index (κ2) is 8.22. The van der Waals surface area contributed by atoms with Gasteiger partial charge < -0.3 is 5.32 Å². The Labute approximate surface area is 118 Å². The molecule has 0 bridgehead atoms. The summed E-state index contributed by atoms with van der Waals surface area (Å²) in [5.74, 6) is 1.52. The molecule has 0 heterocycles. The summed E-state index contributed by atoms with van der Waals surface area (Å²) in [6.45, 7) is 8.34. The minimum Gasteiger partial charge on any atom is -0.317 e. The smallest absolute Gasteiger partial charge is 0.211 e. The molecular weight excluding hydrogens is 260 g/mol. The van der Waals surface area contributed by atoms with E-state index < -0.39 is 10.0 Å². The van der Waals surface area contributed by atoms with Gasteiger partial charge in [-0.05, 0) is 57.0 Å². The fraction of sp³-hybridized carbons (Fsp3) is 1.00. The first-order valence-corrected chi connectivity index (χ1v) is 9.29. The summed E-state index contributed by atoms with van der Waals surface area (Å²) in [6, 6.07) is 0.150. The van der Waals surface area contributed by atoms with Gasteiger partial charge in [0.2, 0.25) is 10.0 Å². The topological polar surface area (TPSA) is 58.2 Å². The van der Waals surface area contributed by atoms with E-state index in [0.29, 0.717) is 11.8 Å². The SMILES string of the molecule is CCNCCCCS(=O)(=O)NC1CC(C)CC(C)C1. The lowest BCUT2D eigenvalue weighted by Gasteiger charge is -2.31. The van der Waals surface area contributed by atoms with Crippen LogP contribution in [0, 0.1) is 11.8 Å². The fourth-order valence-electron chi connectivity index (χ4n) is 3.07. The molecule has 1 saturated carbocycles. The Kier molecular flexibility index (Phi) is 7.32. The molecular formula is C14H30N2O2S. The maximum absolute atomic E-state index is 12.0. The van der Waals surface area contributed by atoms with Crippen LogP contribution in [0.3, 0.4) is 0 Å².